The van der Waals surface area contributed by atoms with Gasteiger partial charge in [-0.1, -0.05) is 48.5 Å². The predicted octanol–water partition coefficient (Wildman–Crippen LogP) is 4.02. The van der Waals surface area contributed by atoms with Crippen molar-refractivity contribution in [2.45, 2.75) is 30.6 Å². The van der Waals surface area contributed by atoms with Gasteiger partial charge in [0.15, 0.2) is 0 Å². The molecule has 0 amide bonds. The first-order chi connectivity index (χ1) is 9.37. The van der Waals surface area contributed by atoms with Crippen LogP contribution >= 0.6 is 12.4 Å². The van der Waals surface area contributed by atoms with Gasteiger partial charge in [-0.2, -0.15) is 0 Å². The van der Waals surface area contributed by atoms with Crippen molar-refractivity contribution in [1.82, 2.24) is 0 Å². The SMILES string of the molecule is Cl.OCCC12CCC(c3ccccc31)c1ccccc12. The largest absolute Gasteiger partial charge is 0.396 e. The molecule has 0 spiro atoms. The second kappa shape index (κ2) is 4.91. The van der Waals surface area contributed by atoms with Crippen LogP contribution in [0.4, 0.5) is 0 Å². The summed E-state index contributed by atoms with van der Waals surface area (Å²) in [6.07, 6.45) is 3.23. The number of aliphatic hydroxyl groups excluding tert-OH is 1. The third kappa shape index (κ3) is 1.60. The van der Waals surface area contributed by atoms with E-state index in [0.29, 0.717) is 5.92 Å². The number of fused-ring (bicyclic) bond motifs is 1. The number of hydrogen-bond donors (Lipinski definition) is 1. The topological polar surface area (TPSA) is 20.2 Å². The Labute approximate surface area is 126 Å². The van der Waals surface area contributed by atoms with E-state index >= 15 is 0 Å². The van der Waals surface area contributed by atoms with E-state index in [1.54, 1.807) is 0 Å². The lowest BCUT2D eigenvalue weighted by molar-refractivity contribution is 0.231. The first-order valence-electron chi connectivity index (χ1n) is 7.16. The highest BCUT2D eigenvalue weighted by Crippen LogP contribution is 2.57. The first kappa shape index (κ1) is 13.7. The van der Waals surface area contributed by atoms with Crippen LogP contribution in [0.2, 0.25) is 0 Å². The van der Waals surface area contributed by atoms with Crippen LogP contribution in [0.3, 0.4) is 0 Å². The zero-order chi connectivity index (χ0) is 12.9. The van der Waals surface area contributed by atoms with Gasteiger partial charge in [0.25, 0.3) is 0 Å². The van der Waals surface area contributed by atoms with Gasteiger partial charge >= 0.3 is 0 Å². The monoisotopic (exact) mass is 286 g/mol. The molecule has 0 aliphatic heterocycles. The smallest absolute Gasteiger partial charge is 0.0442 e. The van der Waals surface area contributed by atoms with Crippen LogP contribution in [0.25, 0.3) is 0 Å². The summed E-state index contributed by atoms with van der Waals surface area (Å²) in [6, 6.07) is 17.7. The minimum atomic E-state index is 0. The zero-order valence-corrected chi connectivity index (χ0v) is 12.2. The highest BCUT2D eigenvalue weighted by atomic mass is 35.5. The molecule has 0 fully saturated rings. The van der Waals surface area contributed by atoms with Crippen LogP contribution < -0.4 is 0 Å². The van der Waals surface area contributed by atoms with Crippen molar-refractivity contribution < 1.29 is 5.11 Å². The number of hydrogen-bond acceptors (Lipinski definition) is 1. The molecule has 0 radical (unpaired) electrons. The third-order valence-corrected chi connectivity index (χ3v) is 5.10. The molecule has 0 atom stereocenters. The van der Waals surface area contributed by atoms with Crippen molar-refractivity contribution in [3.8, 4) is 0 Å². The molecule has 1 N–H and O–H groups in total. The molecule has 0 saturated heterocycles. The van der Waals surface area contributed by atoms with E-state index in [1.165, 1.54) is 35.1 Å². The summed E-state index contributed by atoms with van der Waals surface area (Å²) in [6.45, 7) is 0.257. The molecule has 2 aromatic carbocycles. The van der Waals surface area contributed by atoms with Crippen molar-refractivity contribution in [2.75, 3.05) is 6.61 Å². The standard InChI is InChI=1S/C18H18O.ClH/c19-12-11-18-10-9-13(14-5-1-3-7-16(14)18)15-6-2-4-8-17(15)18;/h1-8,13,19H,9-12H2;1H. The van der Waals surface area contributed by atoms with Crippen LogP contribution in [-0.4, -0.2) is 11.7 Å². The van der Waals surface area contributed by atoms with E-state index in [2.05, 4.69) is 48.5 Å². The second-order valence-corrected chi connectivity index (χ2v) is 5.82. The Balaban J connectivity index is 0.00000121. The van der Waals surface area contributed by atoms with Crippen molar-refractivity contribution >= 4 is 12.4 Å². The summed E-state index contributed by atoms with van der Waals surface area (Å²) in [7, 11) is 0. The van der Waals surface area contributed by atoms with E-state index in [0.717, 1.165) is 6.42 Å². The highest BCUT2D eigenvalue weighted by Gasteiger charge is 2.47. The van der Waals surface area contributed by atoms with Crippen LogP contribution in [0.5, 0.6) is 0 Å². The molecule has 3 aliphatic carbocycles. The molecule has 0 heterocycles. The van der Waals surface area contributed by atoms with Gasteiger partial charge in [0.1, 0.15) is 0 Å². The normalized spacial score (nSPS) is 25.6. The maximum absolute atomic E-state index is 9.58. The fourth-order valence-corrected chi connectivity index (χ4v) is 4.34. The van der Waals surface area contributed by atoms with Crippen molar-refractivity contribution in [3.63, 3.8) is 0 Å². The lowest BCUT2D eigenvalue weighted by Gasteiger charge is -2.49. The molecular weight excluding hydrogens is 268 g/mol. The van der Waals surface area contributed by atoms with Crippen LogP contribution in [0, 0.1) is 0 Å². The fourth-order valence-electron chi connectivity index (χ4n) is 4.34. The van der Waals surface area contributed by atoms with Gasteiger partial charge in [0, 0.05) is 17.9 Å². The molecule has 2 bridgehead atoms. The van der Waals surface area contributed by atoms with Crippen molar-refractivity contribution in [2.24, 2.45) is 0 Å². The summed E-state index contributed by atoms with van der Waals surface area (Å²) in [5, 5.41) is 9.58. The van der Waals surface area contributed by atoms with E-state index in [9.17, 15) is 5.11 Å². The van der Waals surface area contributed by atoms with E-state index < -0.39 is 0 Å². The Morgan fingerprint density at radius 3 is 2.05 bits per heavy atom. The molecule has 0 saturated carbocycles. The van der Waals surface area contributed by atoms with Gasteiger partial charge in [-0.3, -0.25) is 0 Å². The minimum absolute atomic E-state index is 0. The van der Waals surface area contributed by atoms with Gasteiger partial charge in [0.2, 0.25) is 0 Å². The second-order valence-electron chi connectivity index (χ2n) is 5.82. The molecule has 2 aromatic rings. The average molecular weight is 287 g/mol. The van der Waals surface area contributed by atoms with Crippen LogP contribution in [0.1, 0.15) is 47.4 Å². The molecule has 1 nitrogen and oxygen atoms in total. The Bertz CT molecular complexity index is 587. The molecule has 0 aromatic heterocycles. The van der Waals surface area contributed by atoms with Gasteiger partial charge in [-0.05, 0) is 41.5 Å². The number of halogens is 1. The maximum Gasteiger partial charge on any atom is 0.0442 e. The van der Waals surface area contributed by atoms with Crippen LogP contribution in [0.15, 0.2) is 48.5 Å². The summed E-state index contributed by atoms with van der Waals surface area (Å²) >= 11 is 0. The first-order valence-corrected chi connectivity index (χ1v) is 7.16. The molecule has 5 rings (SSSR count). The summed E-state index contributed by atoms with van der Waals surface area (Å²) in [5.41, 5.74) is 5.94. The Morgan fingerprint density at radius 2 is 1.50 bits per heavy atom. The van der Waals surface area contributed by atoms with Crippen molar-refractivity contribution in [3.05, 3.63) is 70.8 Å². The Kier molecular flexibility index (Phi) is 3.35. The van der Waals surface area contributed by atoms with Gasteiger partial charge < -0.3 is 5.11 Å². The molecular formula is C18H19ClO. The summed E-state index contributed by atoms with van der Waals surface area (Å²) in [5.74, 6) is 0.563. The molecule has 104 valence electrons. The quantitative estimate of drug-likeness (QED) is 0.884. The van der Waals surface area contributed by atoms with Gasteiger partial charge in [-0.15, -0.1) is 12.4 Å². The molecule has 3 aliphatic rings. The van der Waals surface area contributed by atoms with Crippen LogP contribution in [-0.2, 0) is 5.41 Å². The molecule has 0 unspecified atom stereocenters. The van der Waals surface area contributed by atoms with E-state index in [4.69, 9.17) is 0 Å². The average Bonchev–Trinajstić information content (AvgIpc) is 2.49. The number of aliphatic hydroxyl groups is 1. The van der Waals surface area contributed by atoms with E-state index in [1.807, 2.05) is 0 Å². The van der Waals surface area contributed by atoms with Gasteiger partial charge in [0.05, 0.1) is 0 Å². The lowest BCUT2D eigenvalue weighted by atomic mass is 9.54. The van der Waals surface area contributed by atoms with Gasteiger partial charge in [-0.25, -0.2) is 0 Å². The Morgan fingerprint density at radius 1 is 0.950 bits per heavy atom. The third-order valence-electron chi connectivity index (χ3n) is 5.10. The Hall–Kier alpha value is -1.31. The maximum atomic E-state index is 9.58. The van der Waals surface area contributed by atoms with E-state index in [-0.39, 0.29) is 24.4 Å². The zero-order valence-electron chi connectivity index (χ0n) is 11.4. The fraction of sp³-hybridized carbons (Fsp3) is 0.333. The van der Waals surface area contributed by atoms with Crippen molar-refractivity contribution in [1.29, 1.82) is 0 Å². The highest BCUT2D eigenvalue weighted by molar-refractivity contribution is 5.85. The number of benzene rings is 2. The molecule has 2 heteroatoms. The minimum Gasteiger partial charge on any atom is -0.396 e. The molecule has 20 heavy (non-hydrogen) atoms. The predicted molar refractivity (Wildman–Crippen MR) is 83.7 cm³/mol. The summed E-state index contributed by atoms with van der Waals surface area (Å²) < 4.78 is 0. The lowest BCUT2D eigenvalue weighted by Crippen LogP contribution is -2.40. The number of rotatable bonds is 2. The summed E-state index contributed by atoms with van der Waals surface area (Å²) in [4.78, 5) is 0.